The minimum absolute atomic E-state index is 0.305. The quantitative estimate of drug-likeness (QED) is 0.859. The number of furan rings is 1. The van der Waals surface area contributed by atoms with Gasteiger partial charge >= 0.3 is 11.9 Å². The van der Waals surface area contributed by atoms with Gasteiger partial charge in [0, 0.05) is 0 Å². The Morgan fingerprint density at radius 1 is 1.36 bits per heavy atom. The molecule has 22 heavy (non-hydrogen) atoms. The van der Waals surface area contributed by atoms with Gasteiger partial charge in [0.25, 0.3) is 0 Å². The Morgan fingerprint density at radius 3 is 2.64 bits per heavy atom. The molecule has 2 rings (SSSR count). The van der Waals surface area contributed by atoms with Crippen molar-refractivity contribution in [1.29, 1.82) is 0 Å². The van der Waals surface area contributed by atoms with Crippen LogP contribution in [0.15, 0.2) is 22.8 Å². The van der Waals surface area contributed by atoms with Crippen LogP contribution in [0.1, 0.15) is 45.9 Å². The Morgan fingerprint density at radius 2 is 2.09 bits per heavy atom. The maximum absolute atomic E-state index is 12.4. The van der Waals surface area contributed by atoms with Crippen molar-refractivity contribution in [2.75, 3.05) is 6.61 Å². The Labute approximate surface area is 130 Å². The van der Waals surface area contributed by atoms with Gasteiger partial charge in [-0.2, -0.15) is 0 Å². The van der Waals surface area contributed by atoms with Crippen LogP contribution in [0, 0.1) is 5.92 Å². The van der Waals surface area contributed by atoms with Gasteiger partial charge in [0.2, 0.25) is 0 Å². The van der Waals surface area contributed by atoms with Gasteiger partial charge in [0.15, 0.2) is 0 Å². The minimum atomic E-state index is -0.577. The van der Waals surface area contributed by atoms with Crippen LogP contribution < -0.4 is 5.32 Å². The van der Waals surface area contributed by atoms with Gasteiger partial charge in [-0.1, -0.05) is 0 Å². The lowest BCUT2D eigenvalue weighted by molar-refractivity contribution is -0.160. The lowest BCUT2D eigenvalue weighted by Crippen LogP contribution is -2.34. The summed E-state index contributed by atoms with van der Waals surface area (Å²) in [4.78, 5) is 24.4. The molecule has 122 valence electrons. The van der Waals surface area contributed by atoms with Gasteiger partial charge in [-0.25, -0.2) is 0 Å². The van der Waals surface area contributed by atoms with E-state index in [4.69, 9.17) is 13.9 Å². The normalized spacial score (nSPS) is 25.0. The van der Waals surface area contributed by atoms with E-state index in [1.54, 1.807) is 25.3 Å². The lowest BCUT2D eigenvalue weighted by atomic mass is 9.97. The van der Waals surface area contributed by atoms with Crippen LogP contribution in [0.25, 0.3) is 0 Å². The van der Waals surface area contributed by atoms with Crippen LogP contribution in [-0.2, 0) is 19.1 Å². The molecule has 1 aromatic heterocycles. The van der Waals surface area contributed by atoms with Crippen LogP contribution in [0.3, 0.4) is 0 Å². The fourth-order valence-corrected chi connectivity index (χ4v) is 2.56. The van der Waals surface area contributed by atoms with Crippen molar-refractivity contribution in [3.63, 3.8) is 0 Å². The topological polar surface area (TPSA) is 77.8 Å². The fraction of sp³-hybridized carbons (Fsp3) is 0.625. The molecule has 3 atom stereocenters. The van der Waals surface area contributed by atoms with Crippen molar-refractivity contribution in [2.24, 2.45) is 5.92 Å². The van der Waals surface area contributed by atoms with E-state index in [-0.39, 0.29) is 18.0 Å². The summed E-state index contributed by atoms with van der Waals surface area (Å²) in [6, 6.07) is 2.61. The SMILES string of the molecule is CCOC(=O)[C@@H]1C[C@H](C(=O)OC(C)(C)C)[C@H](c2ccco2)N1. The first kappa shape index (κ1) is 16.5. The van der Waals surface area contributed by atoms with Crippen molar-refractivity contribution in [3.8, 4) is 0 Å². The number of ether oxygens (including phenoxy) is 2. The number of rotatable bonds is 4. The Balaban J connectivity index is 2.17. The molecule has 6 nitrogen and oxygen atoms in total. The molecular weight excluding hydrogens is 286 g/mol. The molecule has 1 saturated heterocycles. The van der Waals surface area contributed by atoms with Gasteiger partial charge in [0.1, 0.15) is 17.4 Å². The van der Waals surface area contributed by atoms with Gasteiger partial charge in [-0.3, -0.25) is 14.9 Å². The molecule has 0 amide bonds. The van der Waals surface area contributed by atoms with Crippen molar-refractivity contribution in [3.05, 3.63) is 24.2 Å². The van der Waals surface area contributed by atoms with Crippen molar-refractivity contribution >= 4 is 11.9 Å². The zero-order chi connectivity index (χ0) is 16.3. The molecule has 1 N–H and O–H groups in total. The van der Waals surface area contributed by atoms with E-state index in [0.717, 1.165) is 0 Å². The predicted octanol–water partition coefficient (Wildman–Crippen LogP) is 2.20. The summed E-state index contributed by atoms with van der Waals surface area (Å²) in [6.45, 7) is 7.51. The van der Waals surface area contributed by atoms with E-state index in [0.29, 0.717) is 18.8 Å². The number of hydrogen-bond donors (Lipinski definition) is 1. The first-order valence-electron chi connectivity index (χ1n) is 7.50. The molecule has 0 bridgehead atoms. The molecule has 1 aliphatic rings. The van der Waals surface area contributed by atoms with E-state index >= 15 is 0 Å². The summed E-state index contributed by atoms with van der Waals surface area (Å²) in [5.41, 5.74) is -0.577. The molecule has 0 radical (unpaired) electrons. The molecular formula is C16H23NO5. The average molecular weight is 309 g/mol. The largest absolute Gasteiger partial charge is 0.468 e. The number of esters is 2. The molecule has 6 heteroatoms. The van der Waals surface area contributed by atoms with E-state index in [9.17, 15) is 9.59 Å². The van der Waals surface area contributed by atoms with Crippen molar-refractivity contribution in [1.82, 2.24) is 5.32 Å². The second-order valence-corrected chi connectivity index (χ2v) is 6.34. The average Bonchev–Trinajstić information content (AvgIpc) is 3.06. The first-order chi connectivity index (χ1) is 10.3. The van der Waals surface area contributed by atoms with Gasteiger partial charge in [-0.15, -0.1) is 0 Å². The van der Waals surface area contributed by atoms with Crippen LogP contribution in [0.2, 0.25) is 0 Å². The smallest absolute Gasteiger partial charge is 0.323 e. The van der Waals surface area contributed by atoms with Gasteiger partial charge in [0.05, 0.1) is 24.8 Å². The molecule has 0 spiro atoms. The maximum atomic E-state index is 12.4. The third kappa shape index (κ3) is 3.88. The number of carbonyl (C=O) groups excluding carboxylic acids is 2. The van der Waals surface area contributed by atoms with E-state index < -0.39 is 17.6 Å². The minimum Gasteiger partial charge on any atom is -0.468 e. The molecule has 1 fully saturated rings. The maximum Gasteiger partial charge on any atom is 0.323 e. The molecule has 2 heterocycles. The van der Waals surface area contributed by atoms with Crippen molar-refractivity contribution in [2.45, 2.75) is 51.8 Å². The highest BCUT2D eigenvalue weighted by Gasteiger charge is 2.45. The summed E-state index contributed by atoms with van der Waals surface area (Å²) in [6.07, 6.45) is 1.87. The highest BCUT2D eigenvalue weighted by Crippen LogP contribution is 2.35. The van der Waals surface area contributed by atoms with Crippen LogP contribution in [0.4, 0.5) is 0 Å². The molecule has 0 aliphatic carbocycles. The Kier molecular flexibility index (Phi) is 4.90. The van der Waals surface area contributed by atoms with E-state index in [2.05, 4.69) is 5.32 Å². The van der Waals surface area contributed by atoms with E-state index in [1.165, 1.54) is 0 Å². The predicted molar refractivity (Wildman–Crippen MR) is 79.0 cm³/mol. The van der Waals surface area contributed by atoms with Gasteiger partial charge in [-0.05, 0) is 46.2 Å². The Hall–Kier alpha value is -1.82. The van der Waals surface area contributed by atoms with Gasteiger partial charge < -0.3 is 13.9 Å². The monoisotopic (exact) mass is 309 g/mol. The summed E-state index contributed by atoms with van der Waals surface area (Å²) in [5.74, 6) is -0.569. The number of hydrogen-bond acceptors (Lipinski definition) is 6. The second-order valence-electron chi connectivity index (χ2n) is 6.34. The van der Waals surface area contributed by atoms with Crippen LogP contribution >= 0.6 is 0 Å². The summed E-state index contributed by atoms with van der Waals surface area (Å²) >= 11 is 0. The molecule has 1 aromatic rings. The fourth-order valence-electron chi connectivity index (χ4n) is 2.56. The molecule has 0 aromatic carbocycles. The third-order valence-corrected chi connectivity index (χ3v) is 3.40. The number of nitrogens with one attached hydrogen (secondary N) is 1. The standard InChI is InChI=1S/C16H23NO5/c1-5-20-15(19)11-9-10(14(18)22-16(2,3)4)13(17-11)12-7-6-8-21-12/h6-8,10-11,13,17H,5,9H2,1-4H3/t10-,11-,13+/m0/s1. The second kappa shape index (κ2) is 6.52. The lowest BCUT2D eigenvalue weighted by Gasteiger charge is -2.24. The highest BCUT2D eigenvalue weighted by molar-refractivity contribution is 5.80. The molecule has 0 unspecified atom stereocenters. The Bertz CT molecular complexity index is 517. The number of carbonyl (C=O) groups is 2. The zero-order valence-corrected chi connectivity index (χ0v) is 13.4. The van der Waals surface area contributed by atoms with Crippen molar-refractivity contribution < 1.29 is 23.5 Å². The molecule has 1 aliphatic heterocycles. The third-order valence-electron chi connectivity index (χ3n) is 3.40. The highest BCUT2D eigenvalue weighted by atomic mass is 16.6. The van der Waals surface area contributed by atoms with Crippen LogP contribution in [-0.4, -0.2) is 30.2 Å². The zero-order valence-electron chi connectivity index (χ0n) is 13.4. The van der Waals surface area contributed by atoms with Crippen LogP contribution in [0.5, 0.6) is 0 Å². The summed E-state index contributed by atoms with van der Waals surface area (Å²) < 4.78 is 15.9. The molecule has 0 saturated carbocycles. The first-order valence-corrected chi connectivity index (χ1v) is 7.50. The van der Waals surface area contributed by atoms with E-state index in [1.807, 2.05) is 20.8 Å². The summed E-state index contributed by atoms with van der Waals surface area (Å²) in [5, 5.41) is 3.13. The summed E-state index contributed by atoms with van der Waals surface area (Å²) in [7, 11) is 0.